The maximum absolute atomic E-state index is 12.3. The van der Waals surface area contributed by atoms with Crippen molar-refractivity contribution in [3.63, 3.8) is 0 Å². The van der Waals surface area contributed by atoms with Crippen LogP contribution in [0, 0.1) is 10.1 Å². The van der Waals surface area contributed by atoms with Crippen LogP contribution in [0.15, 0.2) is 29.3 Å². The highest BCUT2D eigenvalue weighted by Crippen LogP contribution is 2.16. The predicted molar refractivity (Wildman–Crippen MR) is 107 cm³/mol. The monoisotopic (exact) mass is 423 g/mol. The van der Waals surface area contributed by atoms with Crippen LogP contribution < -0.4 is 27.8 Å². The lowest BCUT2D eigenvalue weighted by atomic mass is 10.1. The van der Waals surface area contributed by atoms with E-state index in [1.165, 1.54) is 24.3 Å². The van der Waals surface area contributed by atoms with Gasteiger partial charge in [-0.3, -0.25) is 24.7 Å². The van der Waals surface area contributed by atoms with Gasteiger partial charge in [0.1, 0.15) is 6.04 Å². The van der Waals surface area contributed by atoms with Gasteiger partial charge in [-0.15, -0.1) is 24.8 Å². The summed E-state index contributed by atoms with van der Waals surface area (Å²) in [5.41, 5.74) is 16.0. The van der Waals surface area contributed by atoms with Crippen molar-refractivity contribution in [1.82, 2.24) is 5.32 Å². The number of anilines is 1. The summed E-state index contributed by atoms with van der Waals surface area (Å²) >= 11 is 0. The number of carbonyl (C=O) groups excluding carboxylic acids is 2. The minimum atomic E-state index is -0.833. The molecule has 0 bridgehead atoms. The maximum atomic E-state index is 12.3. The lowest BCUT2D eigenvalue weighted by molar-refractivity contribution is -0.384. The van der Waals surface area contributed by atoms with Crippen molar-refractivity contribution in [2.24, 2.45) is 22.2 Å². The second kappa shape index (κ2) is 13.6. The van der Waals surface area contributed by atoms with Gasteiger partial charge in [-0.2, -0.15) is 0 Å². The van der Waals surface area contributed by atoms with Gasteiger partial charge in [-0.1, -0.05) is 0 Å². The van der Waals surface area contributed by atoms with Crippen LogP contribution in [-0.4, -0.2) is 41.8 Å². The zero-order valence-corrected chi connectivity index (χ0v) is 15.9. The molecule has 27 heavy (non-hydrogen) atoms. The second-order valence-corrected chi connectivity index (χ2v) is 5.07. The molecule has 0 saturated carbocycles. The lowest BCUT2D eigenvalue weighted by Crippen LogP contribution is -2.46. The number of nitrogens with one attached hydrogen (secondary N) is 2. The van der Waals surface area contributed by atoms with E-state index in [0.29, 0.717) is 25.1 Å². The number of amides is 2. The van der Waals surface area contributed by atoms with Crippen LogP contribution in [0.1, 0.15) is 12.8 Å². The van der Waals surface area contributed by atoms with Crippen LogP contribution in [0.5, 0.6) is 0 Å². The molecule has 0 saturated heterocycles. The van der Waals surface area contributed by atoms with E-state index >= 15 is 0 Å². The zero-order valence-electron chi connectivity index (χ0n) is 14.3. The molecule has 0 fully saturated rings. The first-order valence-corrected chi connectivity index (χ1v) is 7.43. The SMILES string of the molecule is Cl.Cl.NCC(=O)NC(CCCN=C(N)N)C(=O)Nc1ccc([N+](=O)[O-])cc1. The van der Waals surface area contributed by atoms with Crippen LogP contribution in [0.3, 0.4) is 0 Å². The fraction of sp³-hybridized carbons (Fsp3) is 0.357. The Labute approximate surface area is 168 Å². The number of carbonyl (C=O) groups is 2. The molecule has 8 N–H and O–H groups in total. The van der Waals surface area contributed by atoms with Gasteiger partial charge in [-0.25, -0.2) is 0 Å². The molecule has 1 unspecified atom stereocenters. The molecular weight excluding hydrogens is 401 g/mol. The topological polar surface area (TPSA) is 192 Å². The molecular formula is C14H23Cl2N7O4. The molecule has 0 heterocycles. The lowest BCUT2D eigenvalue weighted by Gasteiger charge is -2.18. The number of rotatable bonds is 9. The fourth-order valence-electron chi connectivity index (χ4n) is 1.92. The average Bonchev–Trinajstić information content (AvgIpc) is 2.57. The van der Waals surface area contributed by atoms with Crippen LogP contribution in [0.4, 0.5) is 11.4 Å². The van der Waals surface area contributed by atoms with E-state index < -0.39 is 22.8 Å². The molecule has 152 valence electrons. The molecule has 2 amide bonds. The van der Waals surface area contributed by atoms with E-state index in [-0.39, 0.29) is 43.0 Å². The number of hydrogen-bond donors (Lipinski definition) is 5. The average molecular weight is 424 g/mol. The first kappa shape index (κ1) is 26.6. The molecule has 0 aliphatic carbocycles. The normalized spacial score (nSPS) is 10.4. The van der Waals surface area contributed by atoms with E-state index in [9.17, 15) is 19.7 Å². The number of nitrogens with two attached hydrogens (primary N) is 3. The Bertz CT molecular complexity index is 651. The molecule has 1 aromatic rings. The number of halogens is 2. The first-order chi connectivity index (χ1) is 11.8. The van der Waals surface area contributed by atoms with Crippen molar-refractivity contribution in [3.05, 3.63) is 34.4 Å². The van der Waals surface area contributed by atoms with Crippen molar-refractivity contribution in [1.29, 1.82) is 0 Å². The Balaban J connectivity index is 0. The molecule has 13 heteroatoms. The summed E-state index contributed by atoms with van der Waals surface area (Å²) < 4.78 is 0. The quantitative estimate of drug-likeness (QED) is 0.120. The summed E-state index contributed by atoms with van der Waals surface area (Å²) in [5.74, 6) is -1.01. The third-order valence-electron chi connectivity index (χ3n) is 3.13. The van der Waals surface area contributed by atoms with Crippen LogP contribution in [0.25, 0.3) is 0 Å². The van der Waals surface area contributed by atoms with Crippen LogP contribution >= 0.6 is 24.8 Å². The number of hydrogen-bond acceptors (Lipinski definition) is 6. The molecule has 1 rings (SSSR count). The van der Waals surface area contributed by atoms with E-state index in [0.717, 1.165) is 0 Å². The summed E-state index contributed by atoms with van der Waals surface area (Å²) in [4.78, 5) is 37.7. The van der Waals surface area contributed by atoms with Gasteiger partial charge >= 0.3 is 0 Å². The number of nitro groups is 1. The van der Waals surface area contributed by atoms with Gasteiger partial charge in [0.15, 0.2) is 5.96 Å². The van der Waals surface area contributed by atoms with E-state index in [2.05, 4.69) is 15.6 Å². The largest absolute Gasteiger partial charge is 0.370 e. The first-order valence-electron chi connectivity index (χ1n) is 7.43. The van der Waals surface area contributed by atoms with Crippen LogP contribution in [0.2, 0.25) is 0 Å². The standard InChI is InChI=1S/C14H21N7O4.2ClH/c15-8-12(22)20-11(2-1-7-18-14(16)17)13(23)19-9-3-5-10(6-4-9)21(24)25;;/h3-6,11H,1-2,7-8,15H2,(H,19,23)(H,20,22)(H4,16,17,18);2*1H. The molecule has 0 aromatic heterocycles. The molecule has 1 atom stereocenters. The summed E-state index contributed by atoms with van der Waals surface area (Å²) in [6.45, 7) is 0.0529. The van der Waals surface area contributed by atoms with E-state index in [4.69, 9.17) is 17.2 Å². The highest BCUT2D eigenvalue weighted by molar-refractivity contribution is 5.97. The van der Waals surface area contributed by atoms with Gasteiger partial charge in [0.25, 0.3) is 5.69 Å². The molecule has 0 aliphatic heterocycles. The molecule has 1 aromatic carbocycles. The van der Waals surface area contributed by atoms with Gasteiger partial charge in [0, 0.05) is 24.4 Å². The molecule has 0 aliphatic rings. The van der Waals surface area contributed by atoms with Gasteiger partial charge in [-0.05, 0) is 25.0 Å². The van der Waals surface area contributed by atoms with Crippen molar-refractivity contribution in [2.45, 2.75) is 18.9 Å². The van der Waals surface area contributed by atoms with Crippen molar-refractivity contribution in [2.75, 3.05) is 18.4 Å². The highest BCUT2D eigenvalue weighted by atomic mass is 35.5. The molecule has 0 radical (unpaired) electrons. The Morgan fingerprint density at radius 3 is 2.26 bits per heavy atom. The number of non-ortho nitro benzene ring substituents is 1. The maximum Gasteiger partial charge on any atom is 0.269 e. The zero-order chi connectivity index (χ0) is 18.8. The third kappa shape index (κ3) is 10.2. The Morgan fingerprint density at radius 2 is 1.78 bits per heavy atom. The van der Waals surface area contributed by atoms with E-state index in [1.807, 2.05) is 0 Å². The number of guanidine groups is 1. The number of nitro benzene ring substituents is 1. The highest BCUT2D eigenvalue weighted by Gasteiger charge is 2.20. The third-order valence-corrected chi connectivity index (χ3v) is 3.13. The molecule has 11 nitrogen and oxygen atoms in total. The fourth-order valence-corrected chi connectivity index (χ4v) is 1.92. The minimum Gasteiger partial charge on any atom is -0.370 e. The number of nitrogens with zero attached hydrogens (tertiary/aromatic N) is 2. The Morgan fingerprint density at radius 1 is 1.19 bits per heavy atom. The Kier molecular flexibility index (Phi) is 13.4. The minimum absolute atomic E-state index is 0. The summed E-state index contributed by atoms with van der Waals surface area (Å²) in [6, 6.07) is 4.50. The van der Waals surface area contributed by atoms with Gasteiger partial charge in [0.2, 0.25) is 11.8 Å². The Hall–Kier alpha value is -2.63. The smallest absolute Gasteiger partial charge is 0.269 e. The molecule has 0 spiro atoms. The number of benzene rings is 1. The van der Waals surface area contributed by atoms with Gasteiger partial charge < -0.3 is 27.8 Å². The summed E-state index contributed by atoms with van der Waals surface area (Å²) in [7, 11) is 0. The predicted octanol–water partition coefficient (Wildman–Crippen LogP) is -0.126. The van der Waals surface area contributed by atoms with Crippen molar-refractivity contribution >= 4 is 54.0 Å². The van der Waals surface area contributed by atoms with Crippen LogP contribution in [-0.2, 0) is 9.59 Å². The van der Waals surface area contributed by atoms with Crippen molar-refractivity contribution in [3.8, 4) is 0 Å². The summed E-state index contributed by atoms with van der Waals surface area (Å²) in [6.07, 6.45) is 0.752. The number of aliphatic imine (C=N–C) groups is 1. The second-order valence-electron chi connectivity index (χ2n) is 5.07. The van der Waals surface area contributed by atoms with E-state index in [1.54, 1.807) is 0 Å². The van der Waals surface area contributed by atoms with Crippen molar-refractivity contribution < 1.29 is 14.5 Å². The van der Waals surface area contributed by atoms with Gasteiger partial charge in [0.05, 0.1) is 11.5 Å². The summed E-state index contributed by atoms with van der Waals surface area (Å²) in [5, 5.41) is 15.7.